The van der Waals surface area contributed by atoms with Gasteiger partial charge >= 0.3 is 5.57 Å². The van der Waals surface area contributed by atoms with Crippen LogP contribution >= 0.6 is 38.9 Å². The molecule has 4 rings (SSSR count). The highest BCUT2D eigenvalue weighted by atomic mass is 79.9. The van der Waals surface area contributed by atoms with E-state index in [0.717, 1.165) is 3.79 Å². The maximum Gasteiger partial charge on any atom is 0.487 e. The second-order valence-electron chi connectivity index (χ2n) is 7.57. The Bertz CT molecular complexity index is 1240. The third kappa shape index (κ3) is 6.66. The van der Waals surface area contributed by atoms with E-state index >= 15 is 0 Å². The van der Waals surface area contributed by atoms with Crippen LogP contribution < -0.4 is 20.3 Å². The number of hydrogen-bond donors (Lipinski definition) is 3. The molecule has 3 aromatic rings. The van der Waals surface area contributed by atoms with Crippen molar-refractivity contribution in [2.45, 2.75) is 18.1 Å². The number of hydrogen-bond acceptors (Lipinski definition) is 7. The van der Waals surface area contributed by atoms with Gasteiger partial charge in [0.2, 0.25) is 0 Å². The molecule has 1 aliphatic heterocycles. The molecule has 13 heteroatoms. The number of amides is 2. The molecule has 8 nitrogen and oxygen atoms in total. The highest BCUT2D eigenvalue weighted by molar-refractivity contribution is 9.11. The number of carbonyl (C=O) groups is 2. The number of anilines is 3. The van der Waals surface area contributed by atoms with Crippen LogP contribution in [0.4, 0.5) is 26.0 Å². The predicted octanol–water partition coefficient (Wildman–Crippen LogP) is 5.15. The molecule has 0 spiro atoms. The van der Waals surface area contributed by atoms with Gasteiger partial charge < -0.3 is 25.4 Å². The standard InChI is InChI=1S/C22H18BrClF2N4O4S/c23-18-6-5-17(35-18)21(33)29-16-9-12(10-27-19(16)30-8-7-14(31)11-30)20(32)28-13-1-3-15(4-2-13)34-22(24,25)26/h1-6,9-10,14,31H,7-8,11H2,(H,28,32)(H,29,33)/t14-/m1/s1. The normalized spacial score (nSPS) is 15.7. The van der Waals surface area contributed by atoms with Gasteiger partial charge in [-0.05, 0) is 64.8 Å². The lowest BCUT2D eigenvalue weighted by atomic mass is 10.2. The number of aliphatic hydroxyl groups excluding tert-OH is 1. The molecule has 1 atom stereocenters. The van der Waals surface area contributed by atoms with E-state index in [1.165, 1.54) is 47.9 Å². The van der Waals surface area contributed by atoms with Crippen molar-refractivity contribution in [3.63, 3.8) is 0 Å². The molecule has 2 amide bonds. The molecule has 3 N–H and O–H groups in total. The van der Waals surface area contributed by atoms with Crippen LogP contribution in [0.5, 0.6) is 5.75 Å². The largest absolute Gasteiger partial charge is 0.487 e. The molecule has 1 saturated heterocycles. The number of nitrogens with zero attached hydrogens (tertiary/aromatic N) is 2. The average molecular weight is 588 g/mol. The fourth-order valence-electron chi connectivity index (χ4n) is 3.42. The summed E-state index contributed by atoms with van der Waals surface area (Å²) in [7, 11) is 0. The molecule has 0 bridgehead atoms. The minimum absolute atomic E-state index is 0.156. The fraction of sp³-hybridized carbons (Fsp3) is 0.227. The number of nitrogens with one attached hydrogen (secondary N) is 2. The Morgan fingerprint density at radius 3 is 2.54 bits per heavy atom. The van der Waals surface area contributed by atoms with E-state index in [2.05, 4.69) is 36.3 Å². The van der Waals surface area contributed by atoms with Crippen LogP contribution in [0.3, 0.4) is 0 Å². The van der Waals surface area contributed by atoms with Gasteiger partial charge in [-0.25, -0.2) is 4.98 Å². The summed E-state index contributed by atoms with van der Waals surface area (Å²) >= 11 is 9.33. The minimum atomic E-state index is -3.84. The van der Waals surface area contributed by atoms with E-state index in [9.17, 15) is 23.5 Å². The van der Waals surface area contributed by atoms with Crippen molar-refractivity contribution in [2.24, 2.45) is 0 Å². The summed E-state index contributed by atoms with van der Waals surface area (Å²) in [5.74, 6) is -0.637. The number of aliphatic hydroxyl groups is 1. The van der Waals surface area contributed by atoms with E-state index in [0.29, 0.717) is 41.6 Å². The number of aromatic nitrogens is 1. The lowest BCUT2D eigenvalue weighted by Gasteiger charge is -2.21. The summed E-state index contributed by atoms with van der Waals surface area (Å²) in [5, 5.41) is 15.4. The quantitative estimate of drug-likeness (QED) is 0.331. The van der Waals surface area contributed by atoms with Crippen LogP contribution in [0.25, 0.3) is 0 Å². The van der Waals surface area contributed by atoms with Crippen molar-refractivity contribution in [3.05, 3.63) is 62.9 Å². The zero-order chi connectivity index (χ0) is 25.2. The number of ether oxygens (including phenoxy) is 1. The molecule has 0 saturated carbocycles. The van der Waals surface area contributed by atoms with Gasteiger partial charge in [-0.15, -0.1) is 20.1 Å². The first kappa shape index (κ1) is 25.3. The number of rotatable bonds is 7. The van der Waals surface area contributed by atoms with E-state index in [1.807, 2.05) is 4.90 Å². The molecule has 0 unspecified atom stereocenters. The Morgan fingerprint density at radius 2 is 1.94 bits per heavy atom. The summed E-state index contributed by atoms with van der Waals surface area (Å²) in [4.78, 5) is 32.3. The van der Waals surface area contributed by atoms with Crippen LogP contribution in [0.2, 0.25) is 0 Å². The van der Waals surface area contributed by atoms with Crippen LogP contribution in [0.15, 0.2) is 52.4 Å². The van der Waals surface area contributed by atoms with Crippen molar-refractivity contribution >= 4 is 67.9 Å². The second kappa shape index (κ2) is 10.4. The van der Waals surface area contributed by atoms with Crippen molar-refractivity contribution in [2.75, 3.05) is 28.6 Å². The van der Waals surface area contributed by atoms with Crippen LogP contribution in [-0.2, 0) is 0 Å². The van der Waals surface area contributed by atoms with Crippen molar-refractivity contribution in [1.82, 2.24) is 4.98 Å². The van der Waals surface area contributed by atoms with Gasteiger partial charge in [0.25, 0.3) is 11.8 Å². The molecule has 184 valence electrons. The summed E-state index contributed by atoms with van der Waals surface area (Å²) in [6.07, 6.45) is 1.41. The number of halogens is 4. The van der Waals surface area contributed by atoms with Gasteiger partial charge in [-0.3, -0.25) is 9.59 Å². The Kier molecular flexibility index (Phi) is 7.55. The Balaban J connectivity index is 1.55. The third-order valence-corrected chi connectivity index (χ3v) is 6.68. The molecule has 35 heavy (non-hydrogen) atoms. The molecule has 2 aromatic heterocycles. The predicted molar refractivity (Wildman–Crippen MR) is 133 cm³/mol. The lowest BCUT2D eigenvalue weighted by molar-refractivity contribution is -0.0964. The summed E-state index contributed by atoms with van der Waals surface area (Å²) < 4.78 is 30.6. The van der Waals surface area contributed by atoms with Gasteiger partial charge in [0.1, 0.15) is 5.75 Å². The number of carbonyl (C=O) groups excluding carboxylic acids is 2. The molecule has 0 aliphatic carbocycles. The first-order chi connectivity index (χ1) is 16.6. The third-order valence-electron chi connectivity index (χ3n) is 4.98. The average Bonchev–Trinajstić information content (AvgIpc) is 3.42. The summed E-state index contributed by atoms with van der Waals surface area (Å²) in [6.45, 7) is 0.893. The van der Waals surface area contributed by atoms with E-state index in [-0.39, 0.29) is 17.2 Å². The Morgan fingerprint density at radius 1 is 1.20 bits per heavy atom. The van der Waals surface area contributed by atoms with Gasteiger partial charge in [-0.1, -0.05) is 0 Å². The second-order valence-corrected chi connectivity index (χ2v) is 10.5. The smallest absolute Gasteiger partial charge is 0.420 e. The molecule has 3 heterocycles. The van der Waals surface area contributed by atoms with Crippen molar-refractivity contribution in [3.8, 4) is 5.75 Å². The topological polar surface area (TPSA) is 104 Å². The maximum absolute atomic E-state index is 12.8. The van der Waals surface area contributed by atoms with Crippen molar-refractivity contribution in [1.29, 1.82) is 0 Å². The van der Waals surface area contributed by atoms with Gasteiger partial charge in [0, 0.05) is 36.6 Å². The highest BCUT2D eigenvalue weighted by Crippen LogP contribution is 2.30. The fourth-order valence-corrected chi connectivity index (χ4v) is 4.79. The summed E-state index contributed by atoms with van der Waals surface area (Å²) in [5.41, 5.74) is -3.05. The van der Waals surface area contributed by atoms with Crippen LogP contribution in [-0.4, -0.2) is 46.7 Å². The molecule has 1 aromatic carbocycles. The van der Waals surface area contributed by atoms with E-state index in [1.54, 1.807) is 12.1 Å². The van der Waals surface area contributed by atoms with Gasteiger partial charge in [0.05, 0.1) is 26.0 Å². The van der Waals surface area contributed by atoms with Crippen molar-refractivity contribution < 1.29 is 28.2 Å². The number of alkyl halides is 3. The number of benzene rings is 1. The number of β-amino-alcohol motifs (C(OH)–C–C–N with tert-alkyl or cyclic N) is 1. The molecule has 1 fully saturated rings. The molecular weight excluding hydrogens is 570 g/mol. The lowest BCUT2D eigenvalue weighted by Crippen LogP contribution is -2.25. The number of thiophene rings is 1. The first-order valence-corrected chi connectivity index (χ1v) is 12.2. The highest BCUT2D eigenvalue weighted by Gasteiger charge is 2.28. The minimum Gasteiger partial charge on any atom is -0.420 e. The zero-order valence-corrected chi connectivity index (χ0v) is 21.0. The molecular formula is C22H18BrClF2N4O4S. The molecule has 1 aliphatic rings. The Labute approximate surface area is 216 Å². The van der Waals surface area contributed by atoms with Crippen LogP contribution in [0.1, 0.15) is 26.5 Å². The SMILES string of the molecule is O=C(Nc1ccc(OC(F)(F)Cl)cc1)c1cnc(N2CC[C@@H](O)C2)c(NC(=O)c2ccc(Br)s2)c1. The van der Waals surface area contributed by atoms with Gasteiger partial charge in [0.15, 0.2) is 5.82 Å². The monoisotopic (exact) mass is 586 g/mol. The maximum atomic E-state index is 12.8. The Hall–Kier alpha value is -2.80. The van der Waals surface area contributed by atoms with Crippen LogP contribution in [0, 0.1) is 0 Å². The number of pyridine rings is 1. The zero-order valence-electron chi connectivity index (χ0n) is 17.8. The summed E-state index contributed by atoms with van der Waals surface area (Å²) in [6, 6.07) is 10.1. The molecule has 0 radical (unpaired) electrons. The van der Waals surface area contributed by atoms with E-state index < -0.39 is 17.6 Å². The first-order valence-electron chi connectivity index (χ1n) is 10.2. The van der Waals surface area contributed by atoms with Gasteiger partial charge in [-0.2, -0.15) is 0 Å². The van der Waals surface area contributed by atoms with E-state index in [4.69, 9.17) is 11.6 Å².